The Balaban J connectivity index is 1.02. The molecule has 0 saturated carbocycles. The van der Waals surface area contributed by atoms with E-state index in [1.807, 2.05) is 29.7 Å². The summed E-state index contributed by atoms with van der Waals surface area (Å²) in [6.07, 6.45) is 4.07. The van der Waals surface area contributed by atoms with Crippen LogP contribution in [-0.2, 0) is 16.2 Å². The molecule has 0 unspecified atom stereocenters. The van der Waals surface area contributed by atoms with Crippen molar-refractivity contribution in [1.29, 1.82) is 0 Å². The van der Waals surface area contributed by atoms with Crippen molar-refractivity contribution >= 4 is 168 Å². The van der Waals surface area contributed by atoms with E-state index in [9.17, 15) is 0 Å². The average molecular weight is 1250 g/mol. The first-order valence-corrected chi connectivity index (χ1v) is 35.7. The number of fused-ring (bicyclic) bond motifs is 12. The van der Waals surface area contributed by atoms with E-state index in [4.69, 9.17) is 13.8 Å². The molecule has 4 aromatic heterocycles. The van der Waals surface area contributed by atoms with Crippen LogP contribution in [0.1, 0.15) is 79.0 Å². The lowest BCUT2D eigenvalue weighted by Gasteiger charge is -2.45. The molecule has 94 heavy (non-hydrogen) atoms. The lowest BCUT2D eigenvalue weighted by Crippen LogP contribution is -2.75. The number of aromatic nitrogens is 1. The van der Waals surface area contributed by atoms with E-state index in [1.54, 1.807) is 0 Å². The first-order valence-electron chi connectivity index (χ1n) is 32.8. The van der Waals surface area contributed by atoms with E-state index in [2.05, 4.69) is 326 Å². The first-order chi connectivity index (χ1) is 45.5. The van der Waals surface area contributed by atoms with Crippen molar-refractivity contribution in [3.63, 3.8) is 0 Å². The van der Waals surface area contributed by atoms with Crippen LogP contribution in [0.3, 0.4) is 0 Å². The maximum atomic E-state index is 6.54. The average Bonchev–Trinajstić information content (AvgIpc) is 1.15. The van der Waals surface area contributed by atoms with Gasteiger partial charge >= 0.3 is 0 Å². The minimum Gasteiger partial charge on any atom is -0.456 e. The van der Waals surface area contributed by atoms with Gasteiger partial charge in [-0.05, 0) is 180 Å². The molecule has 0 fully saturated rings. The van der Waals surface area contributed by atoms with Gasteiger partial charge in [0.05, 0.1) is 5.69 Å². The Labute approximate surface area is 555 Å². The summed E-state index contributed by atoms with van der Waals surface area (Å²) >= 11 is 1.95. The van der Waals surface area contributed by atoms with Crippen LogP contribution in [0.2, 0.25) is 0 Å². The third-order valence-electron chi connectivity index (χ3n) is 19.9. The molecule has 9 heteroatoms. The van der Waals surface area contributed by atoms with Crippen LogP contribution in [0.5, 0.6) is 0 Å². The number of thiophene rings is 1. The Morgan fingerprint density at radius 2 is 0.872 bits per heavy atom. The molecule has 2 aliphatic heterocycles. The van der Waals surface area contributed by atoms with Crippen LogP contribution in [0.15, 0.2) is 276 Å². The van der Waals surface area contributed by atoms with Crippen molar-refractivity contribution in [2.75, 3.05) is 14.7 Å². The molecular formula is C85H71BN4O2SSi. The highest BCUT2D eigenvalue weighted by Gasteiger charge is 2.49. The van der Waals surface area contributed by atoms with Gasteiger partial charge in [0.15, 0.2) is 8.07 Å². The summed E-state index contributed by atoms with van der Waals surface area (Å²) in [6.45, 7) is 20.7. The zero-order chi connectivity index (χ0) is 64.0. The summed E-state index contributed by atoms with van der Waals surface area (Å²) < 4.78 is 15.7. The molecule has 0 spiro atoms. The van der Waals surface area contributed by atoms with Gasteiger partial charge in [0, 0.05) is 94.3 Å². The molecule has 11 aromatic carbocycles. The lowest BCUT2D eigenvalue weighted by molar-refractivity contribution is 0.590. The predicted octanol–water partition coefficient (Wildman–Crippen LogP) is 18.9. The largest absolute Gasteiger partial charge is 0.456 e. The molecule has 6 nitrogen and oxygen atoms in total. The monoisotopic (exact) mass is 1250 g/mol. The van der Waals surface area contributed by atoms with Gasteiger partial charge in [0.1, 0.15) is 22.3 Å². The molecule has 0 bridgehead atoms. The van der Waals surface area contributed by atoms with Crippen LogP contribution < -0.4 is 51.1 Å². The summed E-state index contributed by atoms with van der Waals surface area (Å²) in [5, 5.41) is 10.6. The quantitative estimate of drug-likeness (QED) is 0.106. The molecule has 0 saturated heterocycles. The molecule has 2 aliphatic rings. The third kappa shape index (κ3) is 9.14. The first kappa shape index (κ1) is 57.7. The van der Waals surface area contributed by atoms with Crippen LogP contribution >= 0.6 is 11.3 Å². The Bertz CT molecular complexity index is 5260. The number of hydrogen-bond donors (Lipinski definition) is 0. The fourth-order valence-electron chi connectivity index (χ4n) is 15.2. The second-order valence-corrected chi connectivity index (χ2v) is 33.7. The maximum Gasteiger partial charge on any atom is 0.264 e. The van der Waals surface area contributed by atoms with Gasteiger partial charge in [-0.3, -0.25) is 4.98 Å². The van der Waals surface area contributed by atoms with E-state index in [0.717, 1.165) is 83.7 Å². The van der Waals surface area contributed by atoms with Crippen LogP contribution in [0, 0.1) is 0 Å². The fraction of sp³-hybridized carbons (Fsp3) is 0.141. The zero-order valence-electron chi connectivity index (χ0n) is 54.5. The van der Waals surface area contributed by atoms with E-state index in [-0.39, 0.29) is 23.0 Å². The van der Waals surface area contributed by atoms with Crippen molar-refractivity contribution in [1.82, 2.24) is 4.98 Å². The fourth-order valence-corrected chi connectivity index (χ4v) is 21.2. The Hall–Kier alpha value is -10.2. The standard InChI is InChI=1S/C85H71BN4O2SSi/c1-83(2,3)54-30-35-57(36-31-54)89-72-50-61(88(59-40-43-77-68(48-59)66-26-16-18-28-75(66)91-77)60-41-44-78-69(49-60)67-27-17-19-29-76(67)92-78)39-42-71(72)86-80-73(89)51-65(94(62-21-12-10-13-22-62,63-23-14-11-15-24-63)64-25-20-46-87-53-64)52-74(80)90(58-37-32-55(33-38-58)84(4,5)6)81-70-47-56(85(7,8)9)34-45-79(70)93-82(81)86/h10-53H,1-9H3. The summed E-state index contributed by atoms with van der Waals surface area (Å²) in [5.74, 6) is 0. The molecule has 456 valence electrons. The number of furan rings is 2. The zero-order valence-corrected chi connectivity index (χ0v) is 56.3. The molecule has 15 aromatic rings. The molecular weight excluding hydrogens is 1180 g/mol. The number of para-hydroxylation sites is 2. The number of benzene rings is 11. The summed E-state index contributed by atoms with van der Waals surface area (Å²) in [5.41, 5.74) is 19.5. The topological polar surface area (TPSA) is 48.9 Å². The van der Waals surface area contributed by atoms with E-state index < -0.39 is 8.07 Å². The van der Waals surface area contributed by atoms with Gasteiger partial charge in [0.25, 0.3) is 6.71 Å². The van der Waals surface area contributed by atoms with E-state index >= 15 is 0 Å². The number of anilines is 9. The Kier molecular flexibility index (Phi) is 13.2. The minimum absolute atomic E-state index is 0.0469. The number of rotatable bonds is 9. The Morgan fingerprint density at radius 3 is 1.41 bits per heavy atom. The predicted molar refractivity (Wildman–Crippen MR) is 403 cm³/mol. The molecule has 6 heterocycles. The summed E-state index contributed by atoms with van der Waals surface area (Å²) in [4.78, 5) is 12.7. The van der Waals surface area contributed by atoms with Crippen molar-refractivity contribution < 1.29 is 8.83 Å². The van der Waals surface area contributed by atoms with Crippen molar-refractivity contribution in [2.45, 2.75) is 78.6 Å². The lowest BCUT2D eigenvalue weighted by atomic mass is 9.36. The van der Waals surface area contributed by atoms with Gasteiger partial charge in [-0.25, -0.2) is 0 Å². The minimum atomic E-state index is -3.31. The van der Waals surface area contributed by atoms with Crippen LogP contribution in [-0.4, -0.2) is 19.8 Å². The highest BCUT2D eigenvalue weighted by molar-refractivity contribution is 7.33. The molecule has 0 atom stereocenters. The van der Waals surface area contributed by atoms with Crippen molar-refractivity contribution in [2.24, 2.45) is 0 Å². The SMILES string of the molecule is CC(C)(C)c1ccc(N2c3cc(N(c4ccc5oc6ccccc6c5c4)c4ccc5oc6ccccc6c5c4)ccc3B3c4sc5ccc(C(C)(C)C)cc5c4N(c4ccc(C(C)(C)C)cc4)c4cc([Si](c5ccccc5)(c5ccccc5)c5cccnc5)cc2c43)cc1. The van der Waals surface area contributed by atoms with Crippen LogP contribution in [0.4, 0.5) is 51.2 Å². The molecule has 0 amide bonds. The van der Waals surface area contributed by atoms with Gasteiger partial charge in [-0.1, -0.05) is 202 Å². The van der Waals surface area contributed by atoms with Gasteiger partial charge in [0.2, 0.25) is 0 Å². The highest BCUT2D eigenvalue weighted by atomic mass is 32.1. The van der Waals surface area contributed by atoms with Crippen LogP contribution in [0.25, 0.3) is 54.0 Å². The van der Waals surface area contributed by atoms with E-state index in [0.29, 0.717) is 0 Å². The normalized spacial score (nSPS) is 13.3. The second-order valence-electron chi connectivity index (χ2n) is 28.8. The molecule has 0 radical (unpaired) electrons. The number of hydrogen-bond acceptors (Lipinski definition) is 7. The summed E-state index contributed by atoms with van der Waals surface area (Å²) in [6, 6.07) is 96.0. The Morgan fingerprint density at radius 1 is 0.394 bits per heavy atom. The van der Waals surface area contributed by atoms with Gasteiger partial charge in [-0.2, -0.15) is 0 Å². The maximum absolute atomic E-state index is 6.54. The highest BCUT2D eigenvalue weighted by Crippen LogP contribution is 2.51. The van der Waals surface area contributed by atoms with E-state index in [1.165, 1.54) is 74.6 Å². The number of nitrogens with zero attached hydrogens (tertiary/aromatic N) is 4. The van der Waals surface area contributed by atoms with Gasteiger partial charge in [-0.15, -0.1) is 11.3 Å². The molecule has 17 rings (SSSR count). The number of pyridine rings is 1. The second kappa shape index (κ2) is 21.4. The van der Waals surface area contributed by atoms with Gasteiger partial charge < -0.3 is 23.5 Å². The van der Waals surface area contributed by atoms with Crippen molar-refractivity contribution in [3.8, 4) is 0 Å². The third-order valence-corrected chi connectivity index (χ3v) is 25.9. The molecule has 0 N–H and O–H groups in total. The smallest absolute Gasteiger partial charge is 0.264 e. The molecule has 0 aliphatic carbocycles. The summed E-state index contributed by atoms with van der Waals surface area (Å²) in [7, 11) is -3.31. The van der Waals surface area contributed by atoms with Crippen molar-refractivity contribution in [3.05, 3.63) is 284 Å².